The van der Waals surface area contributed by atoms with Gasteiger partial charge in [-0.1, -0.05) is 19.1 Å². The Morgan fingerprint density at radius 3 is 2.81 bits per heavy atom. The van der Waals surface area contributed by atoms with Crippen LogP contribution in [-0.4, -0.2) is 18.6 Å². The van der Waals surface area contributed by atoms with Crippen LogP contribution in [0.1, 0.15) is 23.7 Å². The Balaban J connectivity index is 2.14. The fraction of sp³-hybridized carbons (Fsp3) is 0.353. The van der Waals surface area contributed by atoms with Gasteiger partial charge in [0, 0.05) is 24.4 Å². The Morgan fingerprint density at radius 2 is 2.10 bits per heavy atom. The number of hydrogen-bond acceptors (Lipinski definition) is 4. The van der Waals surface area contributed by atoms with E-state index in [4.69, 9.17) is 9.47 Å². The van der Waals surface area contributed by atoms with Gasteiger partial charge in [0.2, 0.25) is 0 Å². The van der Waals surface area contributed by atoms with Gasteiger partial charge in [-0.15, -0.1) is 0 Å². The number of nitrogens with one attached hydrogen (secondary N) is 1. The summed E-state index contributed by atoms with van der Waals surface area (Å²) in [7, 11) is 1.66. The van der Waals surface area contributed by atoms with E-state index in [2.05, 4.69) is 17.2 Å². The number of aryl methyl sites for hydroxylation is 1. The fourth-order valence-corrected chi connectivity index (χ4v) is 2.02. The zero-order valence-electron chi connectivity index (χ0n) is 12.8. The van der Waals surface area contributed by atoms with Crippen molar-refractivity contribution in [2.24, 2.45) is 0 Å². The number of rotatable bonds is 7. The molecule has 0 unspecified atom stereocenters. The first-order valence-corrected chi connectivity index (χ1v) is 7.15. The van der Waals surface area contributed by atoms with Crippen LogP contribution in [0.15, 0.2) is 36.5 Å². The van der Waals surface area contributed by atoms with Crippen LogP contribution < -0.4 is 14.8 Å². The van der Waals surface area contributed by atoms with Crippen molar-refractivity contribution in [3.63, 3.8) is 0 Å². The van der Waals surface area contributed by atoms with Crippen LogP contribution in [0, 0.1) is 6.92 Å². The van der Waals surface area contributed by atoms with Crippen molar-refractivity contribution in [2.45, 2.75) is 27.0 Å². The minimum absolute atomic E-state index is 0.457. The Bertz CT molecular complexity index is 585. The van der Waals surface area contributed by atoms with E-state index < -0.39 is 0 Å². The smallest absolute Gasteiger partial charge is 0.130 e. The van der Waals surface area contributed by atoms with Crippen LogP contribution in [0.2, 0.25) is 0 Å². The van der Waals surface area contributed by atoms with Gasteiger partial charge in [0.15, 0.2) is 0 Å². The first kappa shape index (κ1) is 15.3. The molecular weight excluding hydrogens is 264 g/mol. The highest BCUT2D eigenvalue weighted by Gasteiger charge is 2.07. The Labute approximate surface area is 126 Å². The normalized spacial score (nSPS) is 10.4. The molecule has 0 atom stereocenters. The van der Waals surface area contributed by atoms with Gasteiger partial charge in [-0.25, -0.2) is 0 Å². The topological polar surface area (TPSA) is 43.4 Å². The predicted molar refractivity (Wildman–Crippen MR) is 83.7 cm³/mol. The molecule has 21 heavy (non-hydrogen) atoms. The highest BCUT2D eigenvalue weighted by Crippen LogP contribution is 2.25. The second-order valence-electron chi connectivity index (χ2n) is 4.81. The minimum atomic E-state index is 0.457. The maximum absolute atomic E-state index is 5.96. The van der Waals surface area contributed by atoms with Crippen molar-refractivity contribution in [3.8, 4) is 11.5 Å². The lowest BCUT2D eigenvalue weighted by Gasteiger charge is -2.14. The Kier molecular flexibility index (Phi) is 5.58. The van der Waals surface area contributed by atoms with E-state index in [1.807, 2.05) is 37.3 Å². The number of methoxy groups -OCH3 is 1. The Hall–Kier alpha value is -2.07. The minimum Gasteiger partial charge on any atom is -0.497 e. The van der Waals surface area contributed by atoms with Crippen molar-refractivity contribution >= 4 is 0 Å². The van der Waals surface area contributed by atoms with Crippen LogP contribution >= 0.6 is 0 Å². The third kappa shape index (κ3) is 4.20. The van der Waals surface area contributed by atoms with E-state index in [9.17, 15) is 0 Å². The molecular formula is C17H22N2O2. The lowest BCUT2D eigenvalue weighted by atomic mass is 10.2. The summed E-state index contributed by atoms with van der Waals surface area (Å²) in [6.07, 6.45) is 1.79. The van der Waals surface area contributed by atoms with Gasteiger partial charge < -0.3 is 14.8 Å². The summed E-state index contributed by atoms with van der Waals surface area (Å²) in [5.41, 5.74) is 3.20. The SMILES string of the molecule is CCNCc1ccc(OC)cc1OCc1ncccc1C. The summed E-state index contributed by atoms with van der Waals surface area (Å²) in [4.78, 5) is 4.36. The molecule has 0 aliphatic heterocycles. The van der Waals surface area contributed by atoms with Gasteiger partial charge in [-0.2, -0.15) is 0 Å². The number of benzene rings is 1. The van der Waals surface area contributed by atoms with E-state index in [-0.39, 0.29) is 0 Å². The summed E-state index contributed by atoms with van der Waals surface area (Å²) < 4.78 is 11.2. The molecule has 1 aromatic carbocycles. The van der Waals surface area contributed by atoms with Gasteiger partial charge in [0.1, 0.15) is 18.1 Å². The van der Waals surface area contributed by atoms with Gasteiger partial charge in [0.25, 0.3) is 0 Å². The summed E-state index contributed by atoms with van der Waals surface area (Å²) in [6, 6.07) is 9.87. The predicted octanol–water partition coefficient (Wildman–Crippen LogP) is 3.09. The number of aromatic nitrogens is 1. The lowest BCUT2D eigenvalue weighted by molar-refractivity contribution is 0.294. The summed E-state index contributed by atoms with van der Waals surface area (Å²) in [5.74, 6) is 1.63. The molecule has 0 radical (unpaired) electrons. The molecule has 1 N–H and O–H groups in total. The van der Waals surface area contributed by atoms with Gasteiger partial charge in [-0.05, 0) is 31.2 Å². The summed E-state index contributed by atoms with van der Waals surface area (Å²) in [6.45, 7) is 6.28. The fourth-order valence-electron chi connectivity index (χ4n) is 2.02. The molecule has 0 bridgehead atoms. The highest BCUT2D eigenvalue weighted by molar-refractivity contribution is 5.41. The van der Waals surface area contributed by atoms with E-state index >= 15 is 0 Å². The monoisotopic (exact) mass is 286 g/mol. The molecule has 0 amide bonds. The third-order valence-corrected chi connectivity index (χ3v) is 3.32. The van der Waals surface area contributed by atoms with Crippen LogP contribution in [0.5, 0.6) is 11.5 Å². The zero-order chi connectivity index (χ0) is 15.1. The molecule has 1 heterocycles. The van der Waals surface area contributed by atoms with E-state index in [1.165, 1.54) is 0 Å². The molecule has 0 saturated carbocycles. The average molecular weight is 286 g/mol. The quantitative estimate of drug-likeness (QED) is 0.849. The maximum atomic E-state index is 5.96. The van der Waals surface area contributed by atoms with Crippen LogP contribution in [0.4, 0.5) is 0 Å². The molecule has 0 aliphatic carbocycles. The van der Waals surface area contributed by atoms with Crippen molar-refractivity contribution in [2.75, 3.05) is 13.7 Å². The molecule has 0 aliphatic rings. The second kappa shape index (κ2) is 7.64. The first-order chi connectivity index (χ1) is 10.2. The van der Waals surface area contributed by atoms with Crippen molar-refractivity contribution < 1.29 is 9.47 Å². The molecule has 0 saturated heterocycles. The third-order valence-electron chi connectivity index (χ3n) is 3.32. The Morgan fingerprint density at radius 1 is 1.24 bits per heavy atom. The van der Waals surface area contributed by atoms with E-state index in [0.29, 0.717) is 6.61 Å². The van der Waals surface area contributed by atoms with Crippen LogP contribution in [0.25, 0.3) is 0 Å². The lowest BCUT2D eigenvalue weighted by Crippen LogP contribution is -2.13. The highest BCUT2D eigenvalue weighted by atomic mass is 16.5. The molecule has 112 valence electrons. The van der Waals surface area contributed by atoms with Crippen LogP contribution in [0.3, 0.4) is 0 Å². The number of hydrogen-bond donors (Lipinski definition) is 1. The van der Waals surface area contributed by atoms with Gasteiger partial charge in [-0.3, -0.25) is 4.98 Å². The molecule has 2 aromatic rings. The average Bonchev–Trinajstić information content (AvgIpc) is 2.52. The van der Waals surface area contributed by atoms with Crippen molar-refractivity contribution in [1.82, 2.24) is 10.3 Å². The van der Waals surface area contributed by atoms with E-state index in [0.717, 1.165) is 41.4 Å². The maximum Gasteiger partial charge on any atom is 0.130 e. The molecule has 4 heteroatoms. The number of nitrogens with zero attached hydrogens (tertiary/aromatic N) is 1. The van der Waals surface area contributed by atoms with E-state index in [1.54, 1.807) is 13.3 Å². The second-order valence-corrected chi connectivity index (χ2v) is 4.81. The zero-order valence-corrected chi connectivity index (χ0v) is 12.8. The summed E-state index contributed by atoms with van der Waals surface area (Å²) in [5, 5.41) is 3.32. The number of ether oxygens (including phenoxy) is 2. The molecule has 0 spiro atoms. The first-order valence-electron chi connectivity index (χ1n) is 7.15. The van der Waals surface area contributed by atoms with Gasteiger partial charge >= 0.3 is 0 Å². The van der Waals surface area contributed by atoms with Gasteiger partial charge in [0.05, 0.1) is 12.8 Å². The molecule has 4 nitrogen and oxygen atoms in total. The molecule has 2 rings (SSSR count). The molecule has 1 aromatic heterocycles. The standard InChI is InChI=1S/C17H22N2O2/c1-4-18-11-14-7-8-15(20-3)10-17(14)21-12-16-13(2)6-5-9-19-16/h5-10,18H,4,11-12H2,1-3H3. The largest absolute Gasteiger partial charge is 0.497 e. The summed E-state index contributed by atoms with van der Waals surface area (Å²) >= 11 is 0. The number of pyridine rings is 1. The van der Waals surface area contributed by atoms with Crippen molar-refractivity contribution in [1.29, 1.82) is 0 Å². The van der Waals surface area contributed by atoms with Crippen molar-refractivity contribution in [3.05, 3.63) is 53.3 Å². The van der Waals surface area contributed by atoms with Crippen LogP contribution in [-0.2, 0) is 13.2 Å². The molecule has 0 fully saturated rings.